The van der Waals surface area contributed by atoms with Gasteiger partial charge in [-0.2, -0.15) is 0 Å². The van der Waals surface area contributed by atoms with Crippen molar-refractivity contribution in [3.05, 3.63) is 42.1 Å². The quantitative estimate of drug-likeness (QED) is 0.238. The van der Waals surface area contributed by atoms with Crippen LogP contribution in [0.4, 0.5) is 0 Å². The normalized spacial score (nSPS) is 26.4. The third-order valence-electron chi connectivity index (χ3n) is 11.0. The van der Waals surface area contributed by atoms with Gasteiger partial charge in [-0.25, -0.2) is 0 Å². The number of likely N-dealkylation sites (tertiary alicyclic amines) is 1. The van der Waals surface area contributed by atoms with Crippen LogP contribution in [0.1, 0.15) is 97.0 Å². The lowest BCUT2D eigenvalue weighted by atomic mass is 9.85. The number of hydrogen-bond donors (Lipinski definition) is 3. The van der Waals surface area contributed by atoms with Crippen molar-refractivity contribution in [1.29, 1.82) is 0 Å². The van der Waals surface area contributed by atoms with E-state index >= 15 is 0 Å². The topological polar surface area (TPSA) is 173 Å². The van der Waals surface area contributed by atoms with Gasteiger partial charge in [0.1, 0.15) is 18.4 Å². The molecule has 6 atom stereocenters. The Morgan fingerprint density at radius 1 is 1.08 bits per heavy atom. The molecule has 4 N–H and O–H groups in total. The summed E-state index contributed by atoms with van der Waals surface area (Å²) < 4.78 is 0. The van der Waals surface area contributed by atoms with Gasteiger partial charge in [-0.05, 0) is 49.0 Å². The number of amides is 4. The second kappa shape index (κ2) is 14.5. The minimum Gasteiger partial charge on any atom is -0.387 e. The Bertz CT molecular complexity index is 1660. The molecule has 2 aliphatic carbocycles. The van der Waals surface area contributed by atoms with Crippen LogP contribution in [0.5, 0.6) is 0 Å². The summed E-state index contributed by atoms with van der Waals surface area (Å²) in [7, 11) is 0. The van der Waals surface area contributed by atoms with Crippen molar-refractivity contribution in [2.24, 2.45) is 34.1 Å². The molecule has 2 saturated carbocycles. The molecular formula is C38H50N6O6. The SMILES string of the molecule is CC(C)(C)[C@H](NC(=O)CC1CCCCCC1)C(=O)N1CC2(CC(c3cccc4cccnc34)=NO2)C[C@H]1C(=O)NC(C=O)CC1C[C@@H]1C(N)=O. The number of benzene rings is 1. The van der Waals surface area contributed by atoms with E-state index in [-0.39, 0.29) is 49.0 Å². The molecule has 2 aromatic rings. The number of nitrogens with one attached hydrogen (secondary N) is 2. The number of rotatable bonds is 11. The summed E-state index contributed by atoms with van der Waals surface area (Å²) in [6.07, 6.45) is 10.7. The molecule has 3 heterocycles. The highest BCUT2D eigenvalue weighted by Gasteiger charge is 2.56. The number of nitrogens with zero attached hydrogens (tertiary/aromatic N) is 3. The molecule has 268 valence electrons. The predicted octanol–water partition coefficient (Wildman–Crippen LogP) is 3.79. The molecule has 6 rings (SSSR count). The minimum absolute atomic E-state index is 0.0678. The van der Waals surface area contributed by atoms with E-state index in [0.717, 1.165) is 42.1 Å². The third-order valence-corrected chi connectivity index (χ3v) is 11.0. The Hall–Kier alpha value is -4.35. The first-order chi connectivity index (χ1) is 23.9. The lowest BCUT2D eigenvalue weighted by Gasteiger charge is -2.36. The van der Waals surface area contributed by atoms with Crippen molar-refractivity contribution in [3.8, 4) is 0 Å². The monoisotopic (exact) mass is 686 g/mol. The zero-order valence-corrected chi connectivity index (χ0v) is 29.4. The zero-order valence-electron chi connectivity index (χ0n) is 29.4. The van der Waals surface area contributed by atoms with E-state index in [1.165, 1.54) is 17.7 Å². The Morgan fingerprint density at radius 3 is 2.50 bits per heavy atom. The fraction of sp³-hybridized carbons (Fsp3) is 0.605. The average Bonchev–Trinajstić information content (AvgIpc) is 3.69. The average molecular weight is 687 g/mol. The van der Waals surface area contributed by atoms with Gasteiger partial charge in [0.15, 0.2) is 5.60 Å². The summed E-state index contributed by atoms with van der Waals surface area (Å²) in [5, 5.41) is 11.3. The van der Waals surface area contributed by atoms with E-state index in [1.807, 2.05) is 51.1 Å². The summed E-state index contributed by atoms with van der Waals surface area (Å²) in [5.74, 6) is -1.55. The molecule has 1 aromatic heterocycles. The van der Waals surface area contributed by atoms with Crippen molar-refractivity contribution in [2.75, 3.05) is 6.54 Å². The highest BCUT2D eigenvalue weighted by molar-refractivity contribution is 6.10. The molecule has 0 radical (unpaired) electrons. The second-order valence-electron chi connectivity index (χ2n) is 16.0. The number of pyridine rings is 1. The highest BCUT2D eigenvalue weighted by atomic mass is 16.7. The number of hydrogen-bond acceptors (Lipinski definition) is 8. The maximum atomic E-state index is 14.6. The molecule has 12 nitrogen and oxygen atoms in total. The van der Waals surface area contributed by atoms with Gasteiger partial charge in [-0.1, -0.05) is 75.9 Å². The molecule has 2 aliphatic heterocycles. The number of para-hydroxylation sites is 1. The first kappa shape index (κ1) is 35.5. The number of aromatic nitrogens is 1. The molecule has 4 amide bonds. The molecule has 0 bridgehead atoms. The summed E-state index contributed by atoms with van der Waals surface area (Å²) in [4.78, 5) is 78.1. The van der Waals surface area contributed by atoms with Crippen LogP contribution in [-0.2, 0) is 28.8 Å². The van der Waals surface area contributed by atoms with Crippen LogP contribution in [0.2, 0.25) is 0 Å². The fourth-order valence-corrected chi connectivity index (χ4v) is 8.09. The van der Waals surface area contributed by atoms with Gasteiger partial charge in [0.2, 0.25) is 23.6 Å². The number of carbonyl (C=O) groups excluding carboxylic acids is 5. The fourth-order valence-electron chi connectivity index (χ4n) is 8.09. The largest absolute Gasteiger partial charge is 0.387 e. The summed E-state index contributed by atoms with van der Waals surface area (Å²) in [5.41, 5.74) is 6.05. The third kappa shape index (κ3) is 7.84. The van der Waals surface area contributed by atoms with Crippen LogP contribution in [-0.4, -0.2) is 75.8 Å². The molecular weight excluding hydrogens is 636 g/mol. The summed E-state index contributed by atoms with van der Waals surface area (Å²) >= 11 is 0. The van der Waals surface area contributed by atoms with E-state index in [0.29, 0.717) is 31.3 Å². The zero-order chi connectivity index (χ0) is 35.6. The van der Waals surface area contributed by atoms with Gasteiger partial charge in [0, 0.05) is 42.3 Å². The van der Waals surface area contributed by atoms with Crippen LogP contribution in [0.15, 0.2) is 41.7 Å². The van der Waals surface area contributed by atoms with Gasteiger partial charge >= 0.3 is 0 Å². The maximum absolute atomic E-state index is 14.6. The molecule has 4 aliphatic rings. The highest BCUT2D eigenvalue weighted by Crippen LogP contribution is 2.43. The van der Waals surface area contributed by atoms with Gasteiger partial charge in [0.05, 0.1) is 23.8 Å². The molecule has 3 unspecified atom stereocenters. The van der Waals surface area contributed by atoms with Crippen LogP contribution >= 0.6 is 0 Å². The molecule has 50 heavy (non-hydrogen) atoms. The van der Waals surface area contributed by atoms with Crippen molar-refractivity contribution in [1.82, 2.24) is 20.5 Å². The van der Waals surface area contributed by atoms with E-state index in [4.69, 9.17) is 10.6 Å². The van der Waals surface area contributed by atoms with E-state index in [9.17, 15) is 24.0 Å². The number of oxime groups is 1. The maximum Gasteiger partial charge on any atom is 0.246 e. The molecule has 12 heteroatoms. The number of primary amides is 1. The smallest absolute Gasteiger partial charge is 0.246 e. The van der Waals surface area contributed by atoms with Crippen molar-refractivity contribution in [2.45, 2.75) is 115 Å². The van der Waals surface area contributed by atoms with Gasteiger partial charge < -0.3 is 30.9 Å². The standard InChI is InChI=1S/C38H50N6O6/c1-37(2,3)33(42-31(46)16-23-10-6-4-5-7-11-23)36(49)44-22-38(19-29(43-50-38)27-14-8-12-24-13-9-15-40-32(24)27)20-30(44)35(48)41-26(21-45)17-25-18-28(25)34(39)47/h8-9,12-15,21,23,25-26,28,30,33H,4-7,10-11,16-20,22H2,1-3H3,(H2,39,47)(H,41,48)(H,42,46)/t25?,26?,28-,30-,33+,38?/m0/s1. The van der Waals surface area contributed by atoms with Crippen molar-refractivity contribution >= 4 is 46.5 Å². The van der Waals surface area contributed by atoms with Crippen LogP contribution in [0, 0.1) is 23.2 Å². The lowest BCUT2D eigenvalue weighted by Crippen LogP contribution is -2.58. The second-order valence-corrected chi connectivity index (χ2v) is 16.0. The Labute approximate surface area is 293 Å². The van der Waals surface area contributed by atoms with Crippen LogP contribution in [0.3, 0.4) is 0 Å². The number of carbonyl (C=O) groups is 5. The Morgan fingerprint density at radius 2 is 1.82 bits per heavy atom. The van der Waals surface area contributed by atoms with Gasteiger partial charge in [-0.15, -0.1) is 0 Å². The first-order valence-electron chi connectivity index (χ1n) is 18.1. The molecule has 3 fully saturated rings. The minimum atomic E-state index is -0.999. The van der Waals surface area contributed by atoms with E-state index < -0.39 is 41.0 Å². The molecule has 1 saturated heterocycles. The molecule has 1 aromatic carbocycles. The number of nitrogens with two attached hydrogens (primary N) is 1. The first-order valence-corrected chi connectivity index (χ1v) is 18.1. The van der Waals surface area contributed by atoms with Crippen LogP contribution in [0.25, 0.3) is 10.9 Å². The number of aldehydes is 1. The summed E-state index contributed by atoms with van der Waals surface area (Å²) in [6.45, 7) is 5.77. The van der Waals surface area contributed by atoms with Gasteiger partial charge in [-0.3, -0.25) is 24.2 Å². The van der Waals surface area contributed by atoms with Crippen molar-refractivity contribution < 1.29 is 28.8 Å². The summed E-state index contributed by atoms with van der Waals surface area (Å²) in [6, 6.07) is 6.95. The Balaban J connectivity index is 1.23. The van der Waals surface area contributed by atoms with Crippen LogP contribution < -0.4 is 16.4 Å². The van der Waals surface area contributed by atoms with Gasteiger partial charge in [0.25, 0.3) is 0 Å². The van der Waals surface area contributed by atoms with E-state index in [1.54, 1.807) is 6.20 Å². The molecule has 1 spiro atoms. The number of fused-ring (bicyclic) bond motifs is 1. The predicted molar refractivity (Wildman–Crippen MR) is 187 cm³/mol. The van der Waals surface area contributed by atoms with Crippen molar-refractivity contribution in [3.63, 3.8) is 0 Å². The lowest BCUT2D eigenvalue weighted by molar-refractivity contribution is -0.144. The Kier molecular flexibility index (Phi) is 10.3. The van der Waals surface area contributed by atoms with E-state index in [2.05, 4.69) is 20.8 Å².